The maximum Gasteiger partial charge on any atom is 0.317 e. The maximum absolute atomic E-state index is 13.1. The summed E-state index contributed by atoms with van der Waals surface area (Å²) in [7, 11) is 2.14. The number of likely N-dealkylation sites (N-methyl/N-ethyl adjacent to an activating group) is 1. The molecule has 7 heteroatoms. The van der Waals surface area contributed by atoms with E-state index < -0.39 is 5.92 Å². The summed E-state index contributed by atoms with van der Waals surface area (Å²) in [5, 5.41) is 0. The van der Waals surface area contributed by atoms with Crippen molar-refractivity contribution in [3.8, 4) is 0 Å². The molecule has 0 amide bonds. The third-order valence-corrected chi connectivity index (χ3v) is 7.04. The van der Waals surface area contributed by atoms with E-state index in [-0.39, 0.29) is 41.6 Å². The lowest BCUT2D eigenvalue weighted by Crippen LogP contribution is -2.48. The Kier molecular flexibility index (Phi) is 9.14. The Morgan fingerprint density at radius 1 is 1.06 bits per heavy atom. The summed E-state index contributed by atoms with van der Waals surface area (Å²) in [5.41, 5.74) is 0.824. The van der Waals surface area contributed by atoms with Gasteiger partial charge in [0.1, 0.15) is 30.8 Å². The summed E-state index contributed by atoms with van der Waals surface area (Å²) in [6.45, 7) is 2.20. The van der Waals surface area contributed by atoms with Crippen molar-refractivity contribution >= 4 is 28.9 Å². The first-order chi connectivity index (χ1) is 15.1. The number of fused-ring (bicyclic) bond motifs is 5. The van der Waals surface area contributed by atoms with Crippen molar-refractivity contribution in [2.75, 3.05) is 13.7 Å². The van der Waals surface area contributed by atoms with E-state index in [0.717, 1.165) is 37.7 Å². The van der Waals surface area contributed by atoms with E-state index in [1.165, 1.54) is 12.8 Å². The van der Waals surface area contributed by atoms with Gasteiger partial charge in [0.25, 0.3) is 0 Å². The van der Waals surface area contributed by atoms with E-state index in [9.17, 15) is 9.59 Å². The number of nitrogens with zero attached hydrogens (tertiary/aromatic N) is 1. The van der Waals surface area contributed by atoms with E-state index in [2.05, 4.69) is 18.9 Å². The highest BCUT2D eigenvalue weighted by Gasteiger charge is 2.62. The Bertz CT molecular complexity index is 742. The van der Waals surface area contributed by atoms with E-state index in [0.29, 0.717) is 30.7 Å². The molecule has 0 saturated carbocycles. The van der Waals surface area contributed by atoms with Gasteiger partial charge in [-0.3, -0.25) is 14.5 Å². The fourth-order valence-corrected chi connectivity index (χ4v) is 5.15. The number of benzene rings is 1. The largest absolute Gasteiger partial charge is 0.464 e. The van der Waals surface area contributed by atoms with Gasteiger partial charge < -0.3 is 14.2 Å². The second kappa shape index (κ2) is 11.6. The fraction of sp³-hybridized carbons (Fsp3) is 0.680. The zero-order valence-corrected chi connectivity index (χ0v) is 20.8. The molecule has 6 atom stereocenters. The van der Waals surface area contributed by atoms with Crippen LogP contribution in [0.5, 0.6) is 0 Å². The molecule has 178 valence electrons. The zero-order valence-electron chi connectivity index (χ0n) is 19.1. The Balaban J connectivity index is 0.00000289. The number of hydrogen-bond acceptors (Lipinski definition) is 6. The summed E-state index contributed by atoms with van der Waals surface area (Å²) in [6, 6.07) is 10.2. The van der Waals surface area contributed by atoms with Crippen LogP contribution in [0.15, 0.2) is 30.3 Å². The van der Waals surface area contributed by atoms with Gasteiger partial charge in [-0.1, -0.05) is 62.9 Å². The second-order valence-electron chi connectivity index (χ2n) is 9.21. The summed E-state index contributed by atoms with van der Waals surface area (Å²) in [5.74, 6) is -1.13. The van der Waals surface area contributed by atoms with Crippen molar-refractivity contribution < 1.29 is 23.8 Å². The molecule has 4 rings (SSSR count). The molecular weight excluding hydrogens is 474 g/mol. The van der Waals surface area contributed by atoms with Crippen molar-refractivity contribution in [1.82, 2.24) is 4.90 Å². The SMILES string of the molecule is Br.CCCCCCCC(=O)OC[C@@H](C(=O)O[C@@H]1C[C@@H]2[C@H]3O[C@H]3[C@H](C1)N2C)c1ccccc1. The summed E-state index contributed by atoms with van der Waals surface area (Å²) < 4.78 is 17.2. The lowest BCUT2D eigenvalue weighted by molar-refractivity contribution is -0.159. The Labute approximate surface area is 201 Å². The van der Waals surface area contributed by atoms with Gasteiger partial charge in [-0.25, -0.2) is 0 Å². The molecule has 0 N–H and O–H groups in total. The van der Waals surface area contributed by atoms with Crippen molar-refractivity contribution in [1.29, 1.82) is 0 Å². The van der Waals surface area contributed by atoms with Gasteiger partial charge in [0.05, 0.1) is 0 Å². The van der Waals surface area contributed by atoms with Crippen LogP contribution < -0.4 is 0 Å². The van der Waals surface area contributed by atoms with E-state index in [1.54, 1.807) is 0 Å². The number of rotatable bonds is 11. The van der Waals surface area contributed by atoms with Crippen LogP contribution in [0.3, 0.4) is 0 Å². The highest BCUT2D eigenvalue weighted by atomic mass is 79.9. The first-order valence-electron chi connectivity index (χ1n) is 11.9. The molecule has 3 fully saturated rings. The fourth-order valence-electron chi connectivity index (χ4n) is 5.15. The van der Waals surface area contributed by atoms with Gasteiger partial charge in [0.2, 0.25) is 0 Å². The van der Waals surface area contributed by atoms with Crippen molar-refractivity contribution in [3.05, 3.63) is 35.9 Å². The van der Waals surface area contributed by atoms with Crippen LogP contribution in [0.4, 0.5) is 0 Å². The summed E-state index contributed by atoms with van der Waals surface area (Å²) >= 11 is 0. The Morgan fingerprint density at radius 2 is 1.72 bits per heavy atom. The molecule has 3 heterocycles. The average Bonchev–Trinajstić information content (AvgIpc) is 3.53. The minimum atomic E-state index is -0.590. The van der Waals surface area contributed by atoms with Crippen LogP contribution in [0.25, 0.3) is 0 Å². The van der Waals surface area contributed by atoms with Gasteiger partial charge in [-0.05, 0) is 19.0 Å². The number of esters is 2. The molecule has 0 aliphatic carbocycles. The maximum atomic E-state index is 13.1. The number of ether oxygens (including phenoxy) is 3. The number of hydrogen-bond donors (Lipinski definition) is 0. The summed E-state index contributed by atoms with van der Waals surface area (Å²) in [6.07, 6.45) is 7.92. The molecule has 3 saturated heterocycles. The molecule has 6 nitrogen and oxygen atoms in total. The van der Waals surface area contributed by atoms with Crippen LogP contribution in [0.2, 0.25) is 0 Å². The van der Waals surface area contributed by atoms with Gasteiger partial charge in [-0.2, -0.15) is 0 Å². The molecule has 3 aliphatic heterocycles. The van der Waals surface area contributed by atoms with Crippen LogP contribution in [0.1, 0.15) is 69.8 Å². The minimum Gasteiger partial charge on any atom is -0.464 e. The van der Waals surface area contributed by atoms with Crippen LogP contribution in [-0.2, 0) is 23.8 Å². The van der Waals surface area contributed by atoms with E-state index >= 15 is 0 Å². The van der Waals surface area contributed by atoms with Gasteiger partial charge >= 0.3 is 11.9 Å². The van der Waals surface area contributed by atoms with Crippen LogP contribution >= 0.6 is 17.0 Å². The molecule has 3 aliphatic rings. The van der Waals surface area contributed by atoms with Crippen molar-refractivity contribution in [2.24, 2.45) is 0 Å². The predicted molar refractivity (Wildman–Crippen MR) is 127 cm³/mol. The minimum absolute atomic E-state index is 0. The topological polar surface area (TPSA) is 68.4 Å². The highest BCUT2D eigenvalue weighted by Crippen LogP contribution is 2.48. The number of carbonyl (C=O) groups excluding carboxylic acids is 2. The number of piperidine rings is 1. The first-order valence-corrected chi connectivity index (χ1v) is 11.9. The third-order valence-electron chi connectivity index (χ3n) is 7.04. The average molecular weight is 510 g/mol. The third kappa shape index (κ3) is 5.91. The second-order valence-corrected chi connectivity index (χ2v) is 9.21. The van der Waals surface area contributed by atoms with Crippen molar-refractivity contribution in [3.63, 3.8) is 0 Å². The molecule has 32 heavy (non-hydrogen) atoms. The lowest BCUT2D eigenvalue weighted by atomic mass is 9.97. The Morgan fingerprint density at radius 3 is 2.38 bits per heavy atom. The lowest BCUT2D eigenvalue weighted by Gasteiger charge is -2.38. The number of epoxide rings is 1. The monoisotopic (exact) mass is 509 g/mol. The number of morpholine rings is 1. The number of carbonyl (C=O) groups is 2. The number of unbranched alkanes of at least 4 members (excludes halogenated alkanes) is 4. The summed E-state index contributed by atoms with van der Waals surface area (Å²) in [4.78, 5) is 27.7. The number of halogens is 1. The molecule has 1 aromatic rings. The van der Waals surface area contributed by atoms with Crippen LogP contribution in [-0.4, -0.2) is 60.9 Å². The molecule has 0 spiro atoms. The van der Waals surface area contributed by atoms with E-state index in [1.807, 2.05) is 30.3 Å². The molecule has 0 aromatic heterocycles. The zero-order chi connectivity index (χ0) is 21.8. The smallest absolute Gasteiger partial charge is 0.317 e. The highest BCUT2D eigenvalue weighted by molar-refractivity contribution is 8.93. The Hall–Kier alpha value is -1.44. The molecular formula is C25H36BrNO5. The van der Waals surface area contributed by atoms with Crippen molar-refractivity contribution in [2.45, 2.75) is 94.6 Å². The van der Waals surface area contributed by atoms with E-state index in [4.69, 9.17) is 14.2 Å². The first kappa shape index (κ1) is 25.2. The van der Waals surface area contributed by atoms with Gasteiger partial charge in [0.15, 0.2) is 0 Å². The molecule has 1 aromatic carbocycles. The van der Waals surface area contributed by atoms with Crippen LogP contribution in [0, 0.1) is 0 Å². The van der Waals surface area contributed by atoms with Gasteiger partial charge in [0, 0.05) is 31.3 Å². The molecule has 0 radical (unpaired) electrons. The standard InChI is InChI=1S/C25H35NO5.BrH/c1-3-4-5-6-10-13-22(27)29-16-19(17-11-8-7-9-12-17)25(28)30-18-14-20-23-24(31-23)21(15-18)26(20)2;/h7-9,11-12,18-21,23-24H,3-6,10,13-16H2,1-2H3;1H/t18-,19-,20-,21+,23-,24+;/m1./s1. The normalized spacial score (nSPS) is 28.9. The molecule has 0 unspecified atom stereocenters. The van der Waals surface area contributed by atoms with Gasteiger partial charge in [-0.15, -0.1) is 17.0 Å². The predicted octanol–water partition coefficient (Wildman–Crippen LogP) is 4.41. The molecule has 2 bridgehead atoms. The quantitative estimate of drug-likeness (QED) is 0.250.